The average Bonchev–Trinajstić information content (AvgIpc) is 2.48. The van der Waals surface area contributed by atoms with Crippen molar-refractivity contribution in [2.75, 3.05) is 14.2 Å². The number of benzene rings is 2. The highest BCUT2D eigenvalue weighted by molar-refractivity contribution is 9.10. The summed E-state index contributed by atoms with van der Waals surface area (Å²) in [5.74, 6) is 1.21. The van der Waals surface area contributed by atoms with Gasteiger partial charge in [0.05, 0.1) is 14.2 Å². The predicted molar refractivity (Wildman–Crippen MR) is 82.8 cm³/mol. The summed E-state index contributed by atoms with van der Waals surface area (Å²) < 4.78 is 11.3. The molecule has 0 aliphatic carbocycles. The Morgan fingerprint density at radius 2 is 1.80 bits per heavy atom. The highest BCUT2D eigenvalue weighted by Gasteiger charge is 2.19. The first-order valence-electron chi connectivity index (χ1n) is 5.91. The second-order valence-electron chi connectivity index (χ2n) is 4.18. The van der Waals surface area contributed by atoms with Crippen molar-refractivity contribution in [3.8, 4) is 11.5 Å². The molecule has 0 aromatic heterocycles. The van der Waals surface area contributed by atoms with Crippen LogP contribution in [-0.2, 0) is 0 Å². The lowest BCUT2D eigenvalue weighted by atomic mass is 10.0. The van der Waals surface area contributed by atoms with Crippen LogP contribution in [0.25, 0.3) is 0 Å². The number of ether oxygens (including phenoxy) is 2. The van der Waals surface area contributed by atoms with E-state index in [4.69, 9.17) is 21.1 Å². The summed E-state index contributed by atoms with van der Waals surface area (Å²) >= 11 is 9.52. The van der Waals surface area contributed by atoms with Crippen molar-refractivity contribution >= 4 is 27.5 Å². The minimum absolute atomic E-state index is 0.499. The fourth-order valence-electron chi connectivity index (χ4n) is 1.94. The van der Waals surface area contributed by atoms with Crippen LogP contribution >= 0.6 is 27.5 Å². The third-order valence-corrected chi connectivity index (χ3v) is 3.83. The lowest BCUT2D eigenvalue weighted by Crippen LogP contribution is -2.03. The second kappa shape index (κ2) is 6.48. The monoisotopic (exact) mass is 356 g/mol. The smallest absolute Gasteiger partial charge is 0.128 e. The Kier molecular flexibility index (Phi) is 4.91. The molecular weight excluding hydrogens is 344 g/mol. The molecule has 1 atom stereocenters. The van der Waals surface area contributed by atoms with E-state index in [0.717, 1.165) is 4.47 Å². The number of rotatable bonds is 4. The van der Waals surface area contributed by atoms with Crippen LogP contribution in [-0.4, -0.2) is 19.3 Å². The Balaban J connectivity index is 2.47. The van der Waals surface area contributed by atoms with E-state index < -0.39 is 6.10 Å². The molecule has 2 aromatic carbocycles. The molecule has 0 heterocycles. The summed E-state index contributed by atoms with van der Waals surface area (Å²) in [5, 5.41) is 11.0. The maximum atomic E-state index is 10.5. The van der Waals surface area contributed by atoms with Gasteiger partial charge in [-0.1, -0.05) is 27.5 Å². The summed E-state index contributed by atoms with van der Waals surface area (Å²) in [7, 11) is 3.13. The van der Waals surface area contributed by atoms with Gasteiger partial charge in [-0.3, -0.25) is 0 Å². The molecule has 3 nitrogen and oxygen atoms in total. The fraction of sp³-hybridized carbons (Fsp3) is 0.200. The maximum Gasteiger partial charge on any atom is 0.128 e. The summed E-state index contributed by atoms with van der Waals surface area (Å²) in [4.78, 5) is 0. The SMILES string of the molecule is COc1ccc(C(O)c2cc(Br)ccc2Cl)c(OC)c1. The molecule has 0 bridgehead atoms. The summed E-state index contributed by atoms with van der Waals surface area (Å²) in [5.41, 5.74) is 1.25. The Morgan fingerprint density at radius 3 is 2.45 bits per heavy atom. The van der Waals surface area contributed by atoms with E-state index in [1.165, 1.54) is 0 Å². The number of methoxy groups -OCH3 is 2. The summed E-state index contributed by atoms with van der Waals surface area (Å²) in [6.07, 6.45) is -0.874. The van der Waals surface area contributed by atoms with E-state index in [1.807, 2.05) is 6.07 Å². The zero-order valence-corrected chi connectivity index (χ0v) is 13.4. The van der Waals surface area contributed by atoms with Crippen molar-refractivity contribution in [3.63, 3.8) is 0 Å². The number of aliphatic hydroxyl groups excluding tert-OH is 1. The molecule has 0 saturated carbocycles. The Hall–Kier alpha value is -1.23. The van der Waals surface area contributed by atoms with E-state index >= 15 is 0 Å². The van der Waals surface area contributed by atoms with Crippen molar-refractivity contribution in [2.45, 2.75) is 6.10 Å². The first-order valence-corrected chi connectivity index (χ1v) is 7.09. The second-order valence-corrected chi connectivity index (χ2v) is 5.50. The van der Waals surface area contributed by atoms with E-state index in [0.29, 0.717) is 27.6 Å². The van der Waals surface area contributed by atoms with Gasteiger partial charge in [0.1, 0.15) is 17.6 Å². The van der Waals surface area contributed by atoms with E-state index in [9.17, 15) is 5.11 Å². The highest BCUT2D eigenvalue weighted by atomic mass is 79.9. The molecule has 106 valence electrons. The number of hydrogen-bond donors (Lipinski definition) is 1. The van der Waals surface area contributed by atoms with Crippen molar-refractivity contribution in [2.24, 2.45) is 0 Å². The molecule has 0 radical (unpaired) electrons. The van der Waals surface area contributed by atoms with Gasteiger partial charge in [-0.05, 0) is 30.3 Å². The topological polar surface area (TPSA) is 38.7 Å². The molecule has 20 heavy (non-hydrogen) atoms. The van der Waals surface area contributed by atoms with Gasteiger partial charge in [-0.15, -0.1) is 0 Å². The van der Waals surface area contributed by atoms with Crippen LogP contribution in [0.3, 0.4) is 0 Å². The molecule has 0 spiro atoms. The lowest BCUT2D eigenvalue weighted by Gasteiger charge is -2.17. The van der Waals surface area contributed by atoms with Crippen molar-refractivity contribution < 1.29 is 14.6 Å². The quantitative estimate of drug-likeness (QED) is 0.891. The van der Waals surface area contributed by atoms with Crippen molar-refractivity contribution in [1.29, 1.82) is 0 Å². The minimum atomic E-state index is -0.874. The van der Waals surface area contributed by atoms with E-state index in [1.54, 1.807) is 44.6 Å². The Morgan fingerprint density at radius 1 is 1.05 bits per heavy atom. The maximum absolute atomic E-state index is 10.5. The van der Waals surface area contributed by atoms with Crippen LogP contribution in [0.2, 0.25) is 5.02 Å². The van der Waals surface area contributed by atoms with E-state index in [2.05, 4.69) is 15.9 Å². The minimum Gasteiger partial charge on any atom is -0.497 e. The third-order valence-electron chi connectivity index (χ3n) is 2.99. The van der Waals surface area contributed by atoms with Crippen molar-refractivity contribution in [1.82, 2.24) is 0 Å². The largest absolute Gasteiger partial charge is 0.497 e. The first kappa shape index (κ1) is 15.2. The molecule has 2 rings (SSSR count). The van der Waals surface area contributed by atoms with Crippen LogP contribution in [0.15, 0.2) is 40.9 Å². The first-order chi connectivity index (χ1) is 9.56. The van der Waals surface area contributed by atoms with Gasteiger partial charge < -0.3 is 14.6 Å². The molecule has 2 aromatic rings. The van der Waals surface area contributed by atoms with Crippen LogP contribution in [0.1, 0.15) is 17.2 Å². The zero-order valence-electron chi connectivity index (χ0n) is 11.1. The molecule has 0 aliphatic rings. The fourth-order valence-corrected chi connectivity index (χ4v) is 2.54. The van der Waals surface area contributed by atoms with Gasteiger partial charge in [0, 0.05) is 26.7 Å². The lowest BCUT2D eigenvalue weighted by molar-refractivity contribution is 0.214. The van der Waals surface area contributed by atoms with Gasteiger partial charge in [0.25, 0.3) is 0 Å². The van der Waals surface area contributed by atoms with Crippen LogP contribution < -0.4 is 9.47 Å². The van der Waals surface area contributed by atoms with Gasteiger partial charge in [0.2, 0.25) is 0 Å². The van der Waals surface area contributed by atoms with Crippen LogP contribution in [0, 0.1) is 0 Å². The molecule has 0 amide bonds. The molecule has 1 unspecified atom stereocenters. The van der Waals surface area contributed by atoms with Crippen LogP contribution in [0.5, 0.6) is 11.5 Å². The normalized spacial score (nSPS) is 12.1. The van der Waals surface area contributed by atoms with Gasteiger partial charge in [-0.2, -0.15) is 0 Å². The predicted octanol–water partition coefficient (Wildman–Crippen LogP) is 4.20. The van der Waals surface area contributed by atoms with E-state index in [-0.39, 0.29) is 0 Å². The number of halogens is 2. The molecule has 0 aliphatic heterocycles. The number of aliphatic hydroxyl groups is 1. The molecular formula is C15H14BrClO3. The Labute approximate surface area is 131 Å². The average molecular weight is 358 g/mol. The third kappa shape index (κ3) is 3.08. The van der Waals surface area contributed by atoms with Gasteiger partial charge in [-0.25, -0.2) is 0 Å². The Bertz CT molecular complexity index is 616. The molecule has 0 fully saturated rings. The van der Waals surface area contributed by atoms with Crippen LogP contribution in [0.4, 0.5) is 0 Å². The molecule has 0 saturated heterocycles. The molecule has 5 heteroatoms. The van der Waals surface area contributed by atoms with Crippen molar-refractivity contribution in [3.05, 3.63) is 57.0 Å². The molecule has 1 N–H and O–H groups in total. The van der Waals surface area contributed by atoms with Gasteiger partial charge >= 0.3 is 0 Å². The standard InChI is InChI=1S/C15H14BrClO3/c1-19-10-4-5-11(14(8-10)20-2)15(18)12-7-9(16)3-6-13(12)17/h3-8,15,18H,1-2H3. The summed E-state index contributed by atoms with van der Waals surface area (Å²) in [6, 6.07) is 10.6. The highest BCUT2D eigenvalue weighted by Crippen LogP contribution is 2.36. The zero-order chi connectivity index (χ0) is 14.7. The summed E-state index contributed by atoms with van der Waals surface area (Å²) in [6.45, 7) is 0. The number of hydrogen-bond acceptors (Lipinski definition) is 3. The van der Waals surface area contributed by atoms with Gasteiger partial charge in [0.15, 0.2) is 0 Å².